The molecule has 23 heavy (non-hydrogen) atoms. The van der Waals surface area contributed by atoms with Crippen LogP contribution in [-0.4, -0.2) is 54.5 Å². The highest BCUT2D eigenvalue weighted by Gasteiger charge is 2.32. The van der Waals surface area contributed by atoms with Gasteiger partial charge >= 0.3 is 0 Å². The molecular weight excluding hydrogens is 293 g/mol. The van der Waals surface area contributed by atoms with E-state index in [1.807, 2.05) is 11.0 Å². The van der Waals surface area contributed by atoms with E-state index in [4.69, 9.17) is 0 Å². The van der Waals surface area contributed by atoms with Crippen molar-refractivity contribution in [3.8, 4) is 0 Å². The van der Waals surface area contributed by atoms with E-state index in [9.17, 15) is 9.18 Å². The summed E-state index contributed by atoms with van der Waals surface area (Å²) in [6.45, 7) is 7.17. The molecule has 0 bridgehead atoms. The number of nitrogens with zero attached hydrogens (tertiary/aromatic N) is 2. The summed E-state index contributed by atoms with van der Waals surface area (Å²) in [6.07, 6.45) is 2.00. The van der Waals surface area contributed by atoms with Gasteiger partial charge in [0.25, 0.3) is 0 Å². The van der Waals surface area contributed by atoms with Crippen molar-refractivity contribution in [1.29, 1.82) is 0 Å². The third kappa shape index (κ3) is 4.09. The minimum atomic E-state index is -0.193. The molecule has 2 fully saturated rings. The second-order valence-corrected chi connectivity index (χ2v) is 6.79. The summed E-state index contributed by atoms with van der Waals surface area (Å²) in [4.78, 5) is 17.1. The van der Waals surface area contributed by atoms with E-state index in [0.29, 0.717) is 5.91 Å². The molecule has 2 heterocycles. The maximum Gasteiger partial charge on any atom is 0.227 e. The summed E-state index contributed by atoms with van der Waals surface area (Å²) >= 11 is 0. The van der Waals surface area contributed by atoms with Gasteiger partial charge in [0.2, 0.25) is 5.91 Å². The minimum absolute atomic E-state index is 0.0814. The van der Waals surface area contributed by atoms with Crippen LogP contribution in [-0.2, 0) is 11.3 Å². The Morgan fingerprint density at radius 2 is 2.26 bits per heavy atom. The molecule has 0 saturated carbocycles. The number of benzene rings is 1. The smallest absolute Gasteiger partial charge is 0.227 e. The van der Waals surface area contributed by atoms with Gasteiger partial charge < -0.3 is 10.2 Å². The Hall–Kier alpha value is -1.46. The first-order valence-corrected chi connectivity index (χ1v) is 8.61. The van der Waals surface area contributed by atoms with Crippen molar-refractivity contribution >= 4 is 5.91 Å². The number of carbonyl (C=O) groups excluding carboxylic acids is 1. The Bertz CT molecular complexity index is 551. The fourth-order valence-electron chi connectivity index (χ4n) is 3.70. The molecule has 1 unspecified atom stereocenters. The topological polar surface area (TPSA) is 35.6 Å². The van der Waals surface area contributed by atoms with Crippen LogP contribution in [0.5, 0.6) is 0 Å². The van der Waals surface area contributed by atoms with Crippen LogP contribution in [0.4, 0.5) is 4.39 Å². The molecule has 126 valence electrons. The number of rotatable bonds is 3. The highest BCUT2D eigenvalue weighted by molar-refractivity contribution is 5.79. The number of halogens is 1. The predicted molar refractivity (Wildman–Crippen MR) is 88.4 cm³/mol. The Kier molecular flexibility index (Phi) is 5.28. The normalized spacial score (nSPS) is 26.3. The van der Waals surface area contributed by atoms with Crippen LogP contribution in [0.15, 0.2) is 24.3 Å². The van der Waals surface area contributed by atoms with Gasteiger partial charge in [-0.2, -0.15) is 0 Å². The number of piperazine rings is 1. The zero-order chi connectivity index (χ0) is 16.2. The summed E-state index contributed by atoms with van der Waals surface area (Å²) in [5, 5.41) is 3.33. The monoisotopic (exact) mass is 319 g/mol. The molecule has 0 spiro atoms. The average Bonchev–Trinajstić information content (AvgIpc) is 2.55. The highest BCUT2D eigenvalue weighted by atomic mass is 19.1. The molecular formula is C18H26FN3O. The predicted octanol–water partition coefficient (Wildman–Crippen LogP) is 1.86. The largest absolute Gasteiger partial charge is 0.337 e. The van der Waals surface area contributed by atoms with Crippen molar-refractivity contribution < 1.29 is 9.18 Å². The third-order valence-electron chi connectivity index (χ3n) is 4.93. The average molecular weight is 319 g/mol. The van der Waals surface area contributed by atoms with Crippen LogP contribution < -0.4 is 5.32 Å². The van der Waals surface area contributed by atoms with Gasteiger partial charge in [0.05, 0.1) is 5.92 Å². The number of hydrogen-bond donors (Lipinski definition) is 1. The van der Waals surface area contributed by atoms with E-state index in [2.05, 4.69) is 17.1 Å². The lowest BCUT2D eigenvalue weighted by molar-refractivity contribution is -0.140. The fraction of sp³-hybridized carbons (Fsp3) is 0.611. The molecule has 1 aromatic rings. The molecule has 2 atom stereocenters. The maximum absolute atomic E-state index is 13.3. The maximum atomic E-state index is 13.3. The lowest BCUT2D eigenvalue weighted by Crippen LogP contribution is -2.55. The van der Waals surface area contributed by atoms with Crippen LogP contribution in [0, 0.1) is 11.7 Å². The van der Waals surface area contributed by atoms with Crippen molar-refractivity contribution in [3.05, 3.63) is 35.6 Å². The Balaban J connectivity index is 1.60. The first kappa shape index (κ1) is 16.4. The number of nitrogens with one attached hydrogen (secondary N) is 1. The molecule has 1 aromatic carbocycles. The van der Waals surface area contributed by atoms with Crippen molar-refractivity contribution in [2.45, 2.75) is 32.4 Å². The number of carbonyl (C=O) groups is 1. The summed E-state index contributed by atoms with van der Waals surface area (Å²) in [5.74, 6) is 0.183. The van der Waals surface area contributed by atoms with Gasteiger partial charge in [-0.15, -0.1) is 0 Å². The summed E-state index contributed by atoms with van der Waals surface area (Å²) in [6, 6.07) is 7.03. The molecule has 2 saturated heterocycles. The van der Waals surface area contributed by atoms with Gasteiger partial charge in [0, 0.05) is 38.8 Å². The Morgan fingerprint density at radius 3 is 3.04 bits per heavy atom. The first-order valence-electron chi connectivity index (χ1n) is 8.61. The Labute approximate surface area is 137 Å². The molecule has 5 heteroatoms. The zero-order valence-corrected chi connectivity index (χ0v) is 13.8. The summed E-state index contributed by atoms with van der Waals surface area (Å²) in [5.41, 5.74) is 0.980. The van der Waals surface area contributed by atoms with Gasteiger partial charge in [0.1, 0.15) is 5.82 Å². The summed E-state index contributed by atoms with van der Waals surface area (Å²) in [7, 11) is 0. The molecule has 0 aliphatic carbocycles. The standard InChI is InChI=1S/C18H26FN3O/c1-14-11-20-7-9-22(14)18(23)16-5-3-8-21(13-16)12-15-4-2-6-17(19)10-15/h2,4,6,10,14,16,20H,3,5,7-9,11-13H2,1H3/t14-,16?/m0/s1. The third-order valence-corrected chi connectivity index (χ3v) is 4.93. The second-order valence-electron chi connectivity index (χ2n) is 6.79. The molecule has 2 aliphatic heterocycles. The quantitative estimate of drug-likeness (QED) is 0.924. The number of amides is 1. The van der Waals surface area contributed by atoms with Crippen LogP contribution >= 0.6 is 0 Å². The minimum Gasteiger partial charge on any atom is -0.337 e. The lowest BCUT2D eigenvalue weighted by atomic mass is 9.95. The van der Waals surface area contributed by atoms with Crippen molar-refractivity contribution in [3.63, 3.8) is 0 Å². The van der Waals surface area contributed by atoms with Gasteiger partial charge in [-0.3, -0.25) is 9.69 Å². The van der Waals surface area contributed by atoms with Crippen LogP contribution in [0.3, 0.4) is 0 Å². The van der Waals surface area contributed by atoms with Crippen molar-refractivity contribution in [2.24, 2.45) is 5.92 Å². The molecule has 4 nitrogen and oxygen atoms in total. The van der Waals surface area contributed by atoms with Crippen LogP contribution in [0.2, 0.25) is 0 Å². The van der Waals surface area contributed by atoms with E-state index in [0.717, 1.165) is 57.7 Å². The summed E-state index contributed by atoms with van der Waals surface area (Å²) < 4.78 is 13.3. The van der Waals surface area contributed by atoms with E-state index in [1.54, 1.807) is 12.1 Å². The molecule has 0 radical (unpaired) electrons. The zero-order valence-electron chi connectivity index (χ0n) is 13.8. The second kappa shape index (κ2) is 7.41. The first-order chi connectivity index (χ1) is 11.1. The van der Waals surface area contributed by atoms with Crippen molar-refractivity contribution in [2.75, 3.05) is 32.7 Å². The molecule has 1 amide bonds. The lowest BCUT2D eigenvalue weighted by Gasteiger charge is -2.39. The fourth-order valence-corrected chi connectivity index (χ4v) is 3.70. The SMILES string of the molecule is C[C@H]1CNCCN1C(=O)C1CCCN(Cc2cccc(F)c2)C1. The van der Waals surface area contributed by atoms with Gasteiger partial charge in [-0.25, -0.2) is 4.39 Å². The molecule has 0 aromatic heterocycles. The van der Waals surface area contributed by atoms with Crippen LogP contribution in [0.1, 0.15) is 25.3 Å². The number of piperidine rings is 1. The molecule has 3 rings (SSSR count). The van der Waals surface area contributed by atoms with Crippen molar-refractivity contribution in [1.82, 2.24) is 15.1 Å². The van der Waals surface area contributed by atoms with E-state index >= 15 is 0 Å². The Morgan fingerprint density at radius 1 is 1.39 bits per heavy atom. The molecule has 2 aliphatic rings. The molecule has 1 N–H and O–H groups in total. The van der Waals surface area contributed by atoms with E-state index < -0.39 is 0 Å². The van der Waals surface area contributed by atoms with Crippen LogP contribution in [0.25, 0.3) is 0 Å². The number of likely N-dealkylation sites (tertiary alicyclic amines) is 1. The highest BCUT2D eigenvalue weighted by Crippen LogP contribution is 2.22. The number of hydrogen-bond acceptors (Lipinski definition) is 3. The van der Waals surface area contributed by atoms with Gasteiger partial charge in [-0.05, 0) is 44.0 Å². The van der Waals surface area contributed by atoms with Gasteiger partial charge in [-0.1, -0.05) is 12.1 Å². The van der Waals surface area contributed by atoms with E-state index in [1.165, 1.54) is 6.07 Å². The van der Waals surface area contributed by atoms with E-state index in [-0.39, 0.29) is 17.8 Å². The van der Waals surface area contributed by atoms with Gasteiger partial charge in [0.15, 0.2) is 0 Å².